The minimum Gasteiger partial charge on any atom is -0.495 e. The number of hydrogen-bond donors (Lipinski definition) is 1. The summed E-state index contributed by atoms with van der Waals surface area (Å²) >= 11 is 6.61. The normalized spacial score (nSPS) is 15.0. The molecule has 0 aliphatic carbocycles. The van der Waals surface area contributed by atoms with E-state index >= 15 is 0 Å². The van der Waals surface area contributed by atoms with E-state index in [0.29, 0.717) is 23.2 Å². The van der Waals surface area contributed by atoms with Gasteiger partial charge in [-0.25, -0.2) is 0 Å². The third-order valence-corrected chi connectivity index (χ3v) is 6.21. The SMILES string of the molecule is COc1ccc(NC(=O)CN2C(=O)S/C(=C/c3ccc(-c4ccccc4C(F)(F)F)o3)C2=O)cc1Cl. The molecule has 0 unspecified atom stereocenters. The van der Waals surface area contributed by atoms with Crippen LogP contribution in [0.3, 0.4) is 0 Å². The Labute approximate surface area is 211 Å². The van der Waals surface area contributed by atoms with Gasteiger partial charge in [-0.3, -0.25) is 19.3 Å². The van der Waals surface area contributed by atoms with Crippen molar-refractivity contribution in [3.8, 4) is 17.1 Å². The molecule has 1 aliphatic rings. The molecule has 1 saturated heterocycles. The van der Waals surface area contributed by atoms with Gasteiger partial charge in [-0.15, -0.1) is 0 Å². The number of amides is 3. The van der Waals surface area contributed by atoms with Crippen LogP contribution in [0.1, 0.15) is 11.3 Å². The first-order chi connectivity index (χ1) is 17.1. The van der Waals surface area contributed by atoms with E-state index in [1.165, 1.54) is 49.6 Å². The van der Waals surface area contributed by atoms with Crippen LogP contribution >= 0.6 is 23.4 Å². The number of anilines is 1. The lowest BCUT2D eigenvalue weighted by Gasteiger charge is -2.13. The zero-order valence-corrected chi connectivity index (χ0v) is 20.0. The molecule has 0 radical (unpaired) electrons. The molecule has 4 rings (SSSR count). The maximum Gasteiger partial charge on any atom is 0.417 e. The van der Waals surface area contributed by atoms with E-state index < -0.39 is 35.3 Å². The van der Waals surface area contributed by atoms with Gasteiger partial charge in [0.1, 0.15) is 23.8 Å². The van der Waals surface area contributed by atoms with Gasteiger partial charge in [0, 0.05) is 17.3 Å². The zero-order chi connectivity index (χ0) is 26.0. The molecule has 2 heterocycles. The lowest BCUT2D eigenvalue weighted by Crippen LogP contribution is -2.36. The molecule has 3 amide bonds. The fourth-order valence-corrected chi connectivity index (χ4v) is 4.45. The fraction of sp³-hybridized carbons (Fsp3) is 0.125. The molecule has 7 nitrogen and oxygen atoms in total. The summed E-state index contributed by atoms with van der Waals surface area (Å²) in [7, 11) is 1.44. The smallest absolute Gasteiger partial charge is 0.417 e. The highest BCUT2D eigenvalue weighted by Gasteiger charge is 2.37. The summed E-state index contributed by atoms with van der Waals surface area (Å²) in [4.78, 5) is 38.2. The predicted octanol–water partition coefficient (Wildman–Crippen LogP) is 6.30. The summed E-state index contributed by atoms with van der Waals surface area (Å²) < 4.78 is 50.5. The Balaban J connectivity index is 1.47. The van der Waals surface area contributed by atoms with E-state index in [-0.39, 0.29) is 27.0 Å². The van der Waals surface area contributed by atoms with Crippen molar-refractivity contribution in [2.45, 2.75) is 6.18 Å². The number of thioether (sulfide) groups is 1. The number of benzene rings is 2. The van der Waals surface area contributed by atoms with E-state index in [9.17, 15) is 27.6 Å². The third-order valence-electron chi connectivity index (χ3n) is 5.01. The number of carbonyl (C=O) groups is 3. The summed E-state index contributed by atoms with van der Waals surface area (Å²) in [5.41, 5.74) is -0.681. The van der Waals surface area contributed by atoms with Crippen molar-refractivity contribution in [3.05, 3.63) is 75.8 Å². The van der Waals surface area contributed by atoms with E-state index in [4.69, 9.17) is 20.8 Å². The van der Waals surface area contributed by atoms with Crippen molar-refractivity contribution in [2.24, 2.45) is 0 Å². The van der Waals surface area contributed by atoms with Crippen LogP contribution < -0.4 is 10.1 Å². The number of hydrogen-bond acceptors (Lipinski definition) is 6. The number of imide groups is 1. The van der Waals surface area contributed by atoms with Crippen LogP contribution in [0.15, 0.2) is 63.9 Å². The van der Waals surface area contributed by atoms with Gasteiger partial charge in [-0.05, 0) is 48.2 Å². The summed E-state index contributed by atoms with van der Waals surface area (Å²) in [6.45, 7) is -0.548. The second-order valence-corrected chi connectivity index (χ2v) is 8.81. The molecule has 186 valence electrons. The Morgan fingerprint density at radius 2 is 1.92 bits per heavy atom. The van der Waals surface area contributed by atoms with Crippen LogP contribution in [-0.2, 0) is 15.8 Å². The van der Waals surface area contributed by atoms with Crippen LogP contribution in [0.25, 0.3) is 17.4 Å². The number of halogens is 4. The van der Waals surface area contributed by atoms with Crippen LogP contribution in [0.5, 0.6) is 5.75 Å². The average Bonchev–Trinajstić information content (AvgIpc) is 3.39. The zero-order valence-electron chi connectivity index (χ0n) is 18.4. The Kier molecular flexibility index (Phi) is 7.14. The van der Waals surface area contributed by atoms with Gasteiger partial charge in [0.2, 0.25) is 5.91 Å². The van der Waals surface area contributed by atoms with Crippen LogP contribution in [0.2, 0.25) is 5.02 Å². The Morgan fingerprint density at radius 1 is 1.17 bits per heavy atom. The molecular formula is C24H16ClF3N2O5S. The minimum atomic E-state index is -4.58. The Morgan fingerprint density at radius 3 is 2.61 bits per heavy atom. The van der Waals surface area contributed by atoms with Crippen molar-refractivity contribution in [3.63, 3.8) is 0 Å². The number of ether oxygens (including phenoxy) is 1. The number of rotatable bonds is 6. The lowest BCUT2D eigenvalue weighted by atomic mass is 10.1. The lowest BCUT2D eigenvalue weighted by molar-refractivity contribution is -0.137. The summed E-state index contributed by atoms with van der Waals surface area (Å²) in [6, 6.07) is 12.2. The van der Waals surface area contributed by atoms with Gasteiger partial charge < -0.3 is 14.5 Å². The quantitative estimate of drug-likeness (QED) is 0.372. The standard InChI is InChI=1S/C24H16ClF3N2O5S/c1-34-19-8-6-13(10-17(19)25)29-21(31)12-30-22(32)20(36-23(30)33)11-14-7-9-18(35-14)15-4-2-3-5-16(15)24(26,27)28/h2-11H,12H2,1H3,(H,29,31)/b20-11+. The maximum atomic E-state index is 13.3. The Bertz CT molecular complexity index is 1390. The van der Waals surface area contributed by atoms with Crippen molar-refractivity contribution in [1.29, 1.82) is 0 Å². The average molecular weight is 537 g/mol. The van der Waals surface area contributed by atoms with Crippen LogP contribution in [-0.4, -0.2) is 35.6 Å². The van der Waals surface area contributed by atoms with Gasteiger partial charge in [0.25, 0.3) is 11.1 Å². The van der Waals surface area contributed by atoms with E-state index in [2.05, 4.69) is 5.32 Å². The number of alkyl halides is 3. The second kappa shape index (κ2) is 10.1. The van der Waals surface area contributed by atoms with Crippen molar-refractivity contribution in [2.75, 3.05) is 19.0 Å². The highest BCUT2D eigenvalue weighted by Crippen LogP contribution is 2.38. The summed E-state index contributed by atoms with van der Waals surface area (Å²) in [5, 5.41) is 2.13. The maximum absolute atomic E-state index is 13.3. The number of nitrogens with zero attached hydrogens (tertiary/aromatic N) is 1. The van der Waals surface area contributed by atoms with Crippen molar-refractivity contribution < 1.29 is 36.7 Å². The first-order valence-corrected chi connectivity index (χ1v) is 11.4. The molecule has 0 spiro atoms. The summed E-state index contributed by atoms with van der Waals surface area (Å²) in [6.07, 6.45) is -3.34. The number of nitrogens with one attached hydrogen (secondary N) is 1. The number of methoxy groups -OCH3 is 1. The molecule has 3 aromatic rings. The molecule has 1 fully saturated rings. The molecule has 0 atom stereocenters. The highest BCUT2D eigenvalue weighted by atomic mass is 35.5. The van der Waals surface area contributed by atoms with Gasteiger partial charge in [-0.1, -0.05) is 29.8 Å². The molecule has 2 aromatic carbocycles. The predicted molar refractivity (Wildman–Crippen MR) is 128 cm³/mol. The molecule has 1 N–H and O–H groups in total. The van der Waals surface area contributed by atoms with Crippen molar-refractivity contribution in [1.82, 2.24) is 4.90 Å². The first-order valence-electron chi connectivity index (χ1n) is 10.2. The Hall–Kier alpha value is -3.70. The van der Waals surface area contributed by atoms with Gasteiger partial charge in [-0.2, -0.15) is 13.2 Å². The highest BCUT2D eigenvalue weighted by molar-refractivity contribution is 8.18. The molecule has 1 aliphatic heterocycles. The molecule has 0 bridgehead atoms. The van der Waals surface area contributed by atoms with E-state index in [0.717, 1.165) is 11.0 Å². The second-order valence-electron chi connectivity index (χ2n) is 7.41. The molecular weight excluding hydrogens is 521 g/mol. The third kappa shape index (κ3) is 5.42. The van der Waals surface area contributed by atoms with Crippen LogP contribution in [0.4, 0.5) is 23.7 Å². The summed E-state index contributed by atoms with van der Waals surface area (Å²) in [5.74, 6) is -0.935. The van der Waals surface area contributed by atoms with Crippen LogP contribution in [0, 0.1) is 0 Å². The molecule has 1 aromatic heterocycles. The number of furan rings is 1. The van der Waals surface area contributed by atoms with E-state index in [1.807, 2.05) is 0 Å². The first kappa shape index (κ1) is 25.4. The van der Waals surface area contributed by atoms with Gasteiger partial charge >= 0.3 is 6.18 Å². The molecule has 36 heavy (non-hydrogen) atoms. The van der Waals surface area contributed by atoms with Crippen molar-refractivity contribution >= 4 is 52.2 Å². The minimum absolute atomic E-state index is 0.0368. The monoisotopic (exact) mass is 536 g/mol. The molecule has 0 saturated carbocycles. The van der Waals surface area contributed by atoms with Gasteiger partial charge in [0.15, 0.2) is 0 Å². The number of carbonyl (C=O) groups excluding carboxylic acids is 3. The molecule has 12 heteroatoms. The fourth-order valence-electron chi connectivity index (χ4n) is 3.37. The van der Waals surface area contributed by atoms with E-state index in [1.54, 1.807) is 12.1 Å². The van der Waals surface area contributed by atoms with Gasteiger partial charge in [0.05, 0.1) is 22.6 Å². The largest absolute Gasteiger partial charge is 0.495 e. The topological polar surface area (TPSA) is 88.8 Å².